The van der Waals surface area contributed by atoms with Gasteiger partial charge in [-0.15, -0.1) is 0 Å². The minimum Gasteiger partial charge on any atom is -0.508 e. The molecule has 0 radical (unpaired) electrons. The number of aromatic hydroxyl groups is 1. The van der Waals surface area contributed by atoms with Gasteiger partial charge in [-0.3, -0.25) is 0 Å². The summed E-state index contributed by atoms with van der Waals surface area (Å²) < 4.78 is 1.97. The van der Waals surface area contributed by atoms with Crippen LogP contribution in [0.15, 0.2) is 24.5 Å². The SMILES string of the molecule is CC(C)Cn1ncnc1CN[C@H]1CCc2c(O)cccc21. The molecule has 0 spiro atoms. The van der Waals surface area contributed by atoms with Crippen molar-refractivity contribution in [3.63, 3.8) is 0 Å². The molecule has 3 rings (SSSR count). The first-order chi connectivity index (χ1) is 10.1. The van der Waals surface area contributed by atoms with Crippen molar-refractivity contribution < 1.29 is 5.11 Å². The average molecular weight is 286 g/mol. The van der Waals surface area contributed by atoms with Crippen LogP contribution in [0.5, 0.6) is 5.75 Å². The molecule has 1 atom stereocenters. The van der Waals surface area contributed by atoms with E-state index in [0.717, 1.165) is 30.8 Å². The van der Waals surface area contributed by atoms with Gasteiger partial charge in [-0.2, -0.15) is 5.10 Å². The summed E-state index contributed by atoms with van der Waals surface area (Å²) >= 11 is 0. The molecule has 1 aromatic heterocycles. The fraction of sp³-hybridized carbons (Fsp3) is 0.500. The van der Waals surface area contributed by atoms with Gasteiger partial charge >= 0.3 is 0 Å². The van der Waals surface area contributed by atoms with Crippen LogP contribution in [0, 0.1) is 5.92 Å². The zero-order chi connectivity index (χ0) is 14.8. The fourth-order valence-electron chi connectivity index (χ4n) is 2.98. The quantitative estimate of drug-likeness (QED) is 0.886. The highest BCUT2D eigenvalue weighted by Crippen LogP contribution is 2.36. The van der Waals surface area contributed by atoms with Crippen molar-refractivity contribution in [3.8, 4) is 5.75 Å². The molecule has 2 aromatic rings. The topological polar surface area (TPSA) is 63.0 Å². The van der Waals surface area contributed by atoms with Crippen molar-refractivity contribution in [2.45, 2.75) is 45.8 Å². The molecule has 0 fully saturated rings. The van der Waals surface area contributed by atoms with E-state index in [1.807, 2.05) is 10.7 Å². The predicted molar refractivity (Wildman–Crippen MR) is 80.9 cm³/mol. The van der Waals surface area contributed by atoms with Crippen LogP contribution < -0.4 is 5.32 Å². The Morgan fingerprint density at radius 2 is 2.29 bits per heavy atom. The van der Waals surface area contributed by atoms with E-state index >= 15 is 0 Å². The maximum absolute atomic E-state index is 9.89. The second kappa shape index (κ2) is 5.85. The summed E-state index contributed by atoms with van der Waals surface area (Å²) in [5.74, 6) is 1.94. The van der Waals surface area contributed by atoms with Gasteiger partial charge in [-0.05, 0) is 36.0 Å². The van der Waals surface area contributed by atoms with Crippen LogP contribution in [-0.4, -0.2) is 19.9 Å². The van der Waals surface area contributed by atoms with E-state index < -0.39 is 0 Å². The molecule has 0 aliphatic heterocycles. The van der Waals surface area contributed by atoms with Crippen molar-refractivity contribution in [1.82, 2.24) is 20.1 Å². The predicted octanol–water partition coefficient (Wildman–Crippen LogP) is 2.42. The van der Waals surface area contributed by atoms with E-state index in [9.17, 15) is 5.11 Å². The number of hydrogen-bond acceptors (Lipinski definition) is 4. The van der Waals surface area contributed by atoms with Crippen molar-refractivity contribution in [2.75, 3.05) is 0 Å². The maximum atomic E-state index is 9.89. The Morgan fingerprint density at radius 1 is 1.43 bits per heavy atom. The number of nitrogens with zero attached hydrogens (tertiary/aromatic N) is 3. The highest BCUT2D eigenvalue weighted by molar-refractivity contribution is 5.44. The monoisotopic (exact) mass is 286 g/mol. The Kier molecular flexibility index (Phi) is 3.92. The van der Waals surface area contributed by atoms with Crippen LogP contribution in [0.2, 0.25) is 0 Å². The van der Waals surface area contributed by atoms with Crippen LogP contribution in [0.1, 0.15) is 43.3 Å². The Morgan fingerprint density at radius 3 is 3.10 bits per heavy atom. The van der Waals surface area contributed by atoms with E-state index in [1.54, 1.807) is 12.4 Å². The lowest BCUT2D eigenvalue weighted by atomic mass is 10.1. The van der Waals surface area contributed by atoms with Crippen LogP contribution in [0.3, 0.4) is 0 Å². The summed E-state index contributed by atoms with van der Waals surface area (Å²) in [5.41, 5.74) is 2.29. The van der Waals surface area contributed by atoms with Crippen LogP contribution in [0.25, 0.3) is 0 Å². The minimum absolute atomic E-state index is 0.288. The molecule has 21 heavy (non-hydrogen) atoms. The van der Waals surface area contributed by atoms with Crippen molar-refractivity contribution >= 4 is 0 Å². The number of phenolic OH excluding ortho intramolecular Hbond substituents is 1. The van der Waals surface area contributed by atoms with Gasteiger partial charge in [0.05, 0.1) is 6.54 Å². The lowest BCUT2D eigenvalue weighted by molar-refractivity contribution is 0.443. The number of aromatic nitrogens is 3. The largest absolute Gasteiger partial charge is 0.508 e. The Labute approximate surface area is 125 Å². The molecule has 0 saturated heterocycles. The second-order valence-corrected chi connectivity index (χ2v) is 6.07. The first-order valence-electron chi connectivity index (χ1n) is 7.56. The van der Waals surface area contributed by atoms with Crippen LogP contribution >= 0.6 is 0 Å². The molecule has 2 N–H and O–H groups in total. The molecular weight excluding hydrogens is 264 g/mol. The second-order valence-electron chi connectivity index (χ2n) is 6.07. The van der Waals surface area contributed by atoms with Gasteiger partial charge in [-0.25, -0.2) is 9.67 Å². The first kappa shape index (κ1) is 14.1. The number of rotatable bonds is 5. The molecular formula is C16H22N4O. The Balaban J connectivity index is 1.68. The highest BCUT2D eigenvalue weighted by atomic mass is 16.3. The molecule has 1 aromatic carbocycles. The minimum atomic E-state index is 0.288. The van der Waals surface area contributed by atoms with Gasteiger partial charge < -0.3 is 10.4 Å². The van der Waals surface area contributed by atoms with Crippen LogP contribution in [0.4, 0.5) is 0 Å². The van der Waals surface area contributed by atoms with E-state index in [2.05, 4.69) is 35.3 Å². The number of hydrogen-bond donors (Lipinski definition) is 2. The Bertz CT molecular complexity index is 620. The molecule has 5 nitrogen and oxygen atoms in total. The smallest absolute Gasteiger partial charge is 0.140 e. The fourth-order valence-corrected chi connectivity index (χ4v) is 2.98. The standard InChI is InChI=1S/C16H22N4O/c1-11(2)9-20-16(18-10-19-20)8-17-14-7-6-13-12(14)4-3-5-15(13)21/h3-5,10-11,14,17,21H,6-9H2,1-2H3/t14-/m0/s1. The number of nitrogens with one attached hydrogen (secondary N) is 1. The zero-order valence-corrected chi connectivity index (χ0v) is 12.6. The molecule has 0 amide bonds. The van der Waals surface area contributed by atoms with Gasteiger partial charge in [0.2, 0.25) is 0 Å². The molecule has 0 unspecified atom stereocenters. The summed E-state index contributed by atoms with van der Waals surface area (Å²) in [7, 11) is 0. The van der Waals surface area contributed by atoms with Gasteiger partial charge in [0, 0.05) is 12.6 Å². The number of benzene rings is 1. The van der Waals surface area contributed by atoms with Crippen LogP contribution in [-0.2, 0) is 19.5 Å². The van der Waals surface area contributed by atoms with Crippen molar-refractivity contribution in [1.29, 1.82) is 0 Å². The Hall–Kier alpha value is -1.88. The molecule has 1 heterocycles. The molecule has 0 saturated carbocycles. The summed E-state index contributed by atoms with van der Waals surface area (Å²) in [6, 6.07) is 6.06. The molecule has 1 aliphatic rings. The summed E-state index contributed by atoms with van der Waals surface area (Å²) in [4.78, 5) is 4.34. The van der Waals surface area contributed by atoms with E-state index in [0.29, 0.717) is 18.2 Å². The normalized spacial score (nSPS) is 17.4. The highest BCUT2D eigenvalue weighted by Gasteiger charge is 2.24. The first-order valence-corrected chi connectivity index (χ1v) is 7.56. The maximum Gasteiger partial charge on any atom is 0.140 e. The molecule has 5 heteroatoms. The zero-order valence-electron chi connectivity index (χ0n) is 12.6. The lowest BCUT2D eigenvalue weighted by Crippen LogP contribution is -2.22. The van der Waals surface area contributed by atoms with Gasteiger partial charge in [0.25, 0.3) is 0 Å². The molecule has 0 bridgehead atoms. The summed E-state index contributed by atoms with van der Waals surface area (Å²) in [6.45, 7) is 5.94. The van der Waals surface area contributed by atoms with Gasteiger partial charge in [0.15, 0.2) is 0 Å². The molecule has 112 valence electrons. The number of phenols is 1. The van der Waals surface area contributed by atoms with Gasteiger partial charge in [-0.1, -0.05) is 26.0 Å². The van der Waals surface area contributed by atoms with Gasteiger partial charge in [0.1, 0.15) is 17.9 Å². The van der Waals surface area contributed by atoms with Crippen molar-refractivity contribution in [3.05, 3.63) is 41.5 Å². The summed E-state index contributed by atoms with van der Waals surface area (Å²) in [5, 5.41) is 17.7. The third-order valence-corrected chi connectivity index (χ3v) is 3.99. The summed E-state index contributed by atoms with van der Waals surface area (Å²) in [6.07, 6.45) is 3.57. The average Bonchev–Trinajstić information content (AvgIpc) is 3.03. The lowest BCUT2D eigenvalue weighted by Gasteiger charge is -2.15. The molecule has 1 aliphatic carbocycles. The third-order valence-electron chi connectivity index (χ3n) is 3.99. The van der Waals surface area contributed by atoms with E-state index in [-0.39, 0.29) is 6.04 Å². The van der Waals surface area contributed by atoms with Crippen molar-refractivity contribution in [2.24, 2.45) is 5.92 Å². The third kappa shape index (κ3) is 2.93. The number of fused-ring (bicyclic) bond motifs is 1. The van der Waals surface area contributed by atoms with E-state index in [1.165, 1.54) is 5.56 Å². The van der Waals surface area contributed by atoms with E-state index in [4.69, 9.17) is 0 Å².